The summed E-state index contributed by atoms with van der Waals surface area (Å²) in [6, 6.07) is 16.5. The lowest BCUT2D eigenvalue weighted by Gasteiger charge is -2.40. The Balaban J connectivity index is 1.56. The highest BCUT2D eigenvalue weighted by Crippen LogP contribution is 2.35. The number of aromatic nitrogens is 4. The van der Waals surface area contributed by atoms with Gasteiger partial charge in [0.05, 0.1) is 24.9 Å². The molecule has 0 N–H and O–H groups in total. The van der Waals surface area contributed by atoms with Crippen LogP contribution >= 0.6 is 0 Å². The third kappa shape index (κ3) is 5.23. The fraction of sp³-hybridized carbons (Fsp3) is 0.286. The molecule has 8 nitrogen and oxygen atoms in total. The van der Waals surface area contributed by atoms with Crippen LogP contribution in [0.3, 0.4) is 0 Å². The van der Waals surface area contributed by atoms with Gasteiger partial charge in [0, 0.05) is 51.3 Å². The van der Waals surface area contributed by atoms with Crippen LogP contribution in [0, 0.1) is 0 Å². The molecule has 0 aliphatic carbocycles. The minimum absolute atomic E-state index is 0.0691. The lowest BCUT2D eigenvalue weighted by atomic mass is 9.93. The molecular formula is C28H32N6O2S. The zero-order valence-corrected chi connectivity index (χ0v) is 22.2. The molecule has 5 rings (SSSR count). The predicted octanol–water partition coefficient (Wildman–Crippen LogP) is 4.02. The summed E-state index contributed by atoms with van der Waals surface area (Å²) >= 11 is 0. The van der Waals surface area contributed by atoms with E-state index in [-0.39, 0.29) is 17.6 Å². The Labute approximate surface area is 218 Å². The number of imidazole rings is 2. The lowest BCUT2D eigenvalue weighted by Crippen LogP contribution is -2.50. The average Bonchev–Trinajstić information content (AvgIpc) is 3.52. The summed E-state index contributed by atoms with van der Waals surface area (Å²) in [4.78, 5) is 11.0. The maximum absolute atomic E-state index is 13.8. The molecule has 2 aromatic carbocycles. The standard InChI is InChI=1S/C28H32N6O2S/c1-4-5-13-34(37(35,36)28-19-32(3)21-30-28)26-15-24-14-23(22-9-7-6-8-10-22)11-12-27(24)33(18-26)17-25-16-31(2)20-29-25/h4-12,14,16,19-21,26H,13,15,17-18H2,1-3H3/b5-4+. The molecule has 1 atom stereocenters. The Kier molecular flexibility index (Phi) is 6.99. The molecule has 9 heteroatoms. The zero-order chi connectivity index (χ0) is 26.0. The summed E-state index contributed by atoms with van der Waals surface area (Å²) in [6.45, 7) is 3.33. The van der Waals surface area contributed by atoms with Crippen LogP contribution in [-0.4, -0.2) is 51.0 Å². The number of benzene rings is 2. The monoisotopic (exact) mass is 516 g/mol. The molecule has 1 aliphatic rings. The molecule has 192 valence electrons. The van der Waals surface area contributed by atoms with E-state index >= 15 is 0 Å². The molecule has 37 heavy (non-hydrogen) atoms. The maximum Gasteiger partial charge on any atom is 0.262 e. The van der Waals surface area contributed by atoms with Gasteiger partial charge in [-0.25, -0.2) is 18.4 Å². The molecular weight excluding hydrogens is 484 g/mol. The van der Waals surface area contributed by atoms with E-state index in [4.69, 9.17) is 0 Å². The molecule has 0 bridgehead atoms. The molecule has 2 aromatic heterocycles. The fourth-order valence-electron chi connectivity index (χ4n) is 4.92. The molecule has 0 spiro atoms. The van der Waals surface area contributed by atoms with Gasteiger partial charge >= 0.3 is 0 Å². The highest BCUT2D eigenvalue weighted by molar-refractivity contribution is 7.89. The number of nitrogens with zero attached hydrogens (tertiary/aromatic N) is 6. The van der Waals surface area contributed by atoms with Gasteiger partial charge in [-0.3, -0.25) is 0 Å². The van der Waals surface area contributed by atoms with E-state index in [2.05, 4.69) is 45.2 Å². The van der Waals surface area contributed by atoms with Gasteiger partial charge in [-0.05, 0) is 42.2 Å². The quantitative estimate of drug-likeness (QED) is 0.331. The van der Waals surface area contributed by atoms with Crippen LogP contribution in [0.15, 0.2) is 90.8 Å². The number of rotatable bonds is 8. The van der Waals surface area contributed by atoms with E-state index in [0.29, 0.717) is 19.5 Å². The van der Waals surface area contributed by atoms with Crippen molar-refractivity contribution in [1.82, 2.24) is 23.4 Å². The smallest absolute Gasteiger partial charge is 0.262 e. The average molecular weight is 517 g/mol. The van der Waals surface area contributed by atoms with Crippen molar-refractivity contribution in [1.29, 1.82) is 0 Å². The largest absolute Gasteiger partial charge is 0.364 e. The van der Waals surface area contributed by atoms with Crippen LogP contribution in [-0.2, 0) is 37.1 Å². The second-order valence-corrected chi connectivity index (χ2v) is 11.3. The second kappa shape index (κ2) is 10.4. The third-order valence-corrected chi connectivity index (χ3v) is 8.51. The number of aryl methyl sites for hydroxylation is 2. The SMILES string of the molecule is C/C=C/CN(C1Cc2cc(-c3ccccc3)ccc2N(Cc2cn(C)cn2)C1)S(=O)(=O)c1cn(C)cn1. The van der Waals surface area contributed by atoms with E-state index in [9.17, 15) is 8.42 Å². The van der Waals surface area contributed by atoms with Crippen LogP contribution in [0.25, 0.3) is 11.1 Å². The summed E-state index contributed by atoms with van der Waals surface area (Å²) in [5.41, 5.74) is 5.42. The lowest BCUT2D eigenvalue weighted by molar-refractivity contribution is 0.330. The van der Waals surface area contributed by atoms with Gasteiger partial charge in [0.2, 0.25) is 0 Å². The molecule has 0 amide bonds. The van der Waals surface area contributed by atoms with Gasteiger partial charge < -0.3 is 14.0 Å². The maximum atomic E-state index is 13.8. The zero-order valence-electron chi connectivity index (χ0n) is 21.4. The molecule has 0 fully saturated rings. The highest BCUT2D eigenvalue weighted by Gasteiger charge is 2.37. The number of fused-ring (bicyclic) bond motifs is 1. The van der Waals surface area contributed by atoms with Crippen LogP contribution in [0.5, 0.6) is 0 Å². The Morgan fingerprint density at radius 1 is 1.00 bits per heavy atom. The molecule has 3 heterocycles. The Morgan fingerprint density at radius 2 is 1.76 bits per heavy atom. The summed E-state index contributed by atoms with van der Waals surface area (Å²) in [5, 5.41) is 0.0691. The molecule has 4 aromatic rings. The van der Waals surface area contributed by atoms with Gasteiger partial charge in [0.1, 0.15) is 0 Å². The first-order valence-electron chi connectivity index (χ1n) is 12.4. The van der Waals surface area contributed by atoms with Crippen molar-refractivity contribution in [2.45, 2.75) is 31.0 Å². The molecule has 1 aliphatic heterocycles. The molecule has 0 saturated carbocycles. The van der Waals surface area contributed by atoms with Gasteiger partial charge in [-0.1, -0.05) is 48.6 Å². The van der Waals surface area contributed by atoms with Crippen molar-refractivity contribution in [2.24, 2.45) is 14.1 Å². The first-order valence-corrected chi connectivity index (χ1v) is 13.8. The van der Waals surface area contributed by atoms with Crippen molar-refractivity contribution in [3.8, 4) is 11.1 Å². The Bertz CT molecular complexity index is 1510. The first kappa shape index (κ1) is 25.0. The van der Waals surface area contributed by atoms with Gasteiger partial charge in [-0.2, -0.15) is 4.31 Å². The minimum atomic E-state index is -3.81. The summed E-state index contributed by atoms with van der Waals surface area (Å²) in [5.74, 6) is 0. The highest BCUT2D eigenvalue weighted by atomic mass is 32.2. The second-order valence-electron chi connectivity index (χ2n) is 9.50. The number of hydrogen-bond donors (Lipinski definition) is 0. The van der Waals surface area contributed by atoms with Crippen molar-refractivity contribution in [2.75, 3.05) is 18.0 Å². The third-order valence-electron chi connectivity index (χ3n) is 6.71. The summed E-state index contributed by atoms with van der Waals surface area (Å²) in [7, 11) is -0.0765. The summed E-state index contributed by atoms with van der Waals surface area (Å²) in [6.07, 6.45) is 11.3. The molecule has 0 saturated heterocycles. The van der Waals surface area contributed by atoms with E-state index in [1.54, 1.807) is 28.4 Å². The number of allylic oxidation sites excluding steroid dienone is 1. The number of anilines is 1. The van der Waals surface area contributed by atoms with E-state index < -0.39 is 10.0 Å². The van der Waals surface area contributed by atoms with E-state index in [0.717, 1.165) is 28.1 Å². The van der Waals surface area contributed by atoms with Crippen molar-refractivity contribution in [3.05, 3.63) is 97.0 Å². The van der Waals surface area contributed by atoms with Crippen molar-refractivity contribution in [3.63, 3.8) is 0 Å². The number of sulfonamides is 1. The predicted molar refractivity (Wildman–Crippen MR) is 146 cm³/mol. The Morgan fingerprint density at radius 3 is 2.43 bits per heavy atom. The first-order chi connectivity index (χ1) is 17.8. The van der Waals surface area contributed by atoms with Crippen LogP contribution in [0.2, 0.25) is 0 Å². The van der Waals surface area contributed by atoms with Crippen molar-refractivity contribution >= 4 is 15.7 Å². The van der Waals surface area contributed by atoms with Gasteiger partial charge in [0.15, 0.2) is 5.03 Å². The van der Waals surface area contributed by atoms with E-state index in [1.165, 1.54) is 6.33 Å². The van der Waals surface area contributed by atoms with Crippen LogP contribution < -0.4 is 4.90 Å². The topological polar surface area (TPSA) is 76.3 Å². The van der Waals surface area contributed by atoms with Gasteiger partial charge in [0.25, 0.3) is 10.0 Å². The van der Waals surface area contributed by atoms with Crippen molar-refractivity contribution < 1.29 is 8.42 Å². The Hall–Kier alpha value is -3.69. The van der Waals surface area contributed by atoms with Crippen LogP contribution in [0.1, 0.15) is 18.2 Å². The normalized spacial score (nSPS) is 16.0. The van der Waals surface area contributed by atoms with Crippen LogP contribution in [0.4, 0.5) is 5.69 Å². The summed E-state index contributed by atoms with van der Waals surface area (Å²) < 4.78 is 32.8. The fourth-order valence-corrected chi connectivity index (χ4v) is 6.46. The minimum Gasteiger partial charge on any atom is -0.364 e. The molecule has 1 unspecified atom stereocenters. The van der Waals surface area contributed by atoms with E-state index in [1.807, 2.05) is 55.1 Å². The number of hydrogen-bond acceptors (Lipinski definition) is 5. The molecule has 0 radical (unpaired) electrons. The van der Waals surface area contributed by atoms with Gasteiger partial charge in [-0.15, -0.1) is 0 Å².